The molecule has 1 fully saturated rings. The van der Waals surface area contributed by atoms with Crippen molar-refractivity contribution in [2.45, 2.75) is 25.0 Å². The highest BCUT2D eigenvalue weighted by molar-refractivity contribution is 7.90. The van der Waals surface area contributed by atoms with Gasteiger partial charge in [-0.2, -0.15) is 5.26 Å². The maximum atomic E-state index is 12.1. The highest BCUT2D eigenvalue weighted by atomic mass is 35.5. The molecule has 18 heavy (non-hydrogen) atoms. The monoisotopic (exact) mass is 283 g/mol. The number of rotatable bonds is 5. The van der Waals surface area contributed by atoms with E-state index in [-0.39, 0.29) is 16.9 Å². The number of nitrogens with zero attached hydrogens (tertiary/aromatic N) is 1. The Balaban J connectivity index is 2.04. The molecule has 3 nitrogen and oxygen atoms in total. The van der Waals surface area contributed by atoms with Crippen molar-refractivity contribution in [3.05, 3.63) is 34.9 Å². The third-order valence-corrected chi connectivity index (χ3v) is 5.31. The number of benzene rings is 1. The van der Waals surface area contributed by atoms with Crippen molar-refractivity contribution in [3.8, 4) is 6.07 Å². The van der Waals surface area contributed by atoms with E-state index in [1.165, 1.54) is 0 Å². The molecule has 0 spiro atoms. The van der Waals surface area contributed by atoms with E-state index in [1.54, 1.807) is 24.3 Å². The summed E-state index contributed by atoms with van der Waals surface area (Å²) in [5, 5.41) is 9.30. The second kappa shape index (κ2) is 4.91. The summed E-state index contributed by atoms with van der Waals surface area (Å²) in [6.07, 6.45) is 2.04. The molecule has 1 saturated carbocycles. The highest BCUT2D eigenvalue weighted by Gasteiger charge is 2.45. The van der Waals surface area contributed by atoms with Gasteiger partial charge < -0.3 is 0 Å². The van der Waals surface area contributed by atoms with E-state index >= 15 is 0 Å². The lowest BCUT2D eigenvalue weighted by molar-refractivity contribution is 0.547. The molecule has 1 aromatic rings. The lowest BCUT2D eigenvalue weighted by atomic mass is 10.1. The summed E-state index contributed by atoms with van der Waals surface area (Å²) in [4.78, 5) is 0. The first kappa shape index (κ1) is 13.4. The average molecular weight is 284 g/mol. The standard InChI is InChI=1S/C13H14ClNO2S/c14-12-3-1-11(2-4-12)9-18(16,17)10-13(5-6-13)7-8-15/h1-4H,5-7,9-10H2. The van der Waals surface area contributed by atoms with Crippen LogP contribution in [0.4, 0.5) is 0 Å². The van der Waals surface area contributed by atoms with Gasteiger partial charge in [0.2, 0.25) is 0 Å². The summed E-state index contributed by atoms with van der Waals surface area (Å²) >= 11 is 5.76. The Kier molecular flexibility index (Phi) is 3.65. The molecule has 5 heteroatoms. The van der Waals surface area contributed by atoms with Gasteiger partial charge in [-0.05, 0) is 36.0 Å². The Morgan fingerprint density at radius 3 is 2.39 bits per heavy atom. The first-order chi connectivity index (χ1) is 8.45. The largest absolute Gasteiger partial charge is 0.228 e. The molecular formula is C13H14ClNO2S. The zero-order valence-corrected chi connectivity index (χ0v) is 11.5. The zero-order chi connectivity index (χ0) is 13.2. The Labute approximate surface area is 112 Å². The molecule has 0 heterocycles. The summed E-state index contributed by atoms with van der Waals surface area (Å²) in [5.74, 6) is 0.146. The molecule has 0 amide bonds. The molecule has 0 aliphatic heterocycles. The van der Waals surface area contributed by atoms with Gasteiger partial charge in [0, 0.05) is 11.4 Å². The van der Waals surface area contributed by atoms with Crippen molar-refractivity contribution in [1.82, 2.24) is 0 Å². The van der Waals surface area contributed by atoms with Crippen LogP contribution in [0.3, 0.4) is 0 Å². The minimum Gasteiger partial charge on any atom is -0.228 e. The van der Waals surface area contributed by atoms with E-state index in [9.17, 15) is 8.42 Å². The van der Waals surface area contributed by atoms with Crippen LogP contribution >= 0.6 is 11.6 Å². The van der Waals surface area contributed by atoms with Crippen LogP contribution in [0.2, 0.25) is 5.02 Å². The van der Waals surface area contributed by atoms with Crippen molar-refractivity contribution >= 4 is 21.4 Å². The molecular weight excluding hydrogens is 270 g/mol. The van der Waals surface area contributed by atoms with Crippen LogP contribution in [0.1, 0.15) is 24.8 Å². The van der Waals surface area contributed by atoms with Crippen molar-refractivity contribution in [1.29, 1.82) is 5.26 Å². The predicted octanol–water partition coefficient (Wildman–Crippen LogP) is 2.95. The van der Waals surface area contributed by atoms with Crippen LogP contribution in [-0.2, 0) is 15.6 Å². The lowest BCUT2D eigenvalue weighted by Crippen LogP contribution is -2.18. The molecule has 1 aromatic carbocycles. The first-order valence-electron chi connectivity index (χ1n) is 5.77. The number of halogens is 1. The molecule has 1 aliphatic carbocycles. The number of hydrogen-bond donors (Lipinski definition) is 0. The van der Waals surface area contributed by atoms with Gasteiger partial charge >= 0.3 is 0 Å². The van der Waals surface area contributed by atoms with Gasteiger partial charge in [-0.25, -0.2) is 8.42 Å². The molecule has 0 unspecified atom stereocenters. The van der Waals surface area contributed by atoms with Crippen LogP contribution in [-0.4, -0.2) is 14.2 Å². The Hall–Kier alpha value is -1.05. The fraction of sp³-hybridized carbons (Fsp3) is 0.462. The second-order valence-electron chi connectivity index (χ2n) is 4.99. The summed E-state index contributed by atoms with van der Waals surface area (Å²) in [6.45, 7) is 0. The SMILES string of the molecule is N#CCC1(CS(=O)(=O)Cc2ccc(Cl)cc2)CC1. The van der Waals surface area contributed by atoms with E-state index in [4.69, 9.17) is 16.9 Å². The molecule has 0 aromatic heterocycles. The Bertz CT molecular complexity index is 568. The van der Waals surface area contributed by atoms with Gasteiger partial charge in [0.05, 0.1) is 17.6 Å². The molecule has 2 rings (SSSR count). The highest BCUT2D eigenvalue weighted by Crippen LogP contribution is 2.49. The van der Waals surface area contributed by atoms with E-state index in [2.05, 4.69) is 6.07 Å². The number of hydrogen-bond acceptors (Lipinski definition) is 3. The van der Waals surface area contributed by atoms with E-state index in [0.717, 1.165) is 18.4 Å². The fourth-order valence-electron chi connectivity index (χ4n) is 2.07. The van der Waals surface area contributed by atoms with Gasteiger partial charge in [-0.1, -0.05) is 23.7 Å². The predicted molar refractivity (Wildman–Crippen MR) is 70.8 cm³/mol. The molecule has 0 atom stereocenters. The number of nitriles is 1. The van der Waals surface area contributed by atoms with Crippen molar-refractivity contribution in [2.24, 2.45) is 5.41 Å². The third kappa shape index (κ3) is 3.47. The summed E-state index contributed by atoms with van der Waals surface area (Å²) in [7, 11) is -3.16. The smallest absolute Gasteiger partial charge is 0.155 e. The topological polar surface area (TPSA) is 57.9 Å². The minimum atomic E-state index is -3.16. The molecule has 96 valence electrons. The molecule has 0 saturated heterocycles. The lowest BCUT2D eigenvalue weighted by Gasteiger charge is -2.11. The van der Waals surface area contributed by atoms with Gasteiger partial charge in [0.15, 0.2) is 9.84 Å². The second-order valence-corrected chi connectivity index (χ2v) is 7.49. The van der Waals surface area contributed by atoms with Crippen molar-refractivity contribution in [3.63, 3.8) is 0 Å². The van der Waals surface area contributed by atoms with Gasteiger partial charge in [-0.3, -0.25) is 0 Å². The Morgan fingerprint density at radius 1 is 1.28 bits per heavy atom. The third-order valence-electron chi connectivity index (χ3n) is 3.24. The number of sulfone groups is 1. The van der Waals surface area contributed by atoms with Gasteiger partial charge in [0.25, 0.3) is 0 Å². The van der Waals surface area contributed by atoms with Crippen molar-refractivity contribution < 1.29 is 8.42 Å². The summed E-state index contributed by atoms with van der Waals surface area (Å²) in [5.41, 5.74) is 0.479. The Morgan fingerprint density at radius 2 is 1.89 bits per heavy atom. The molecule has 0 radical (unpaired) electrons. The van der Waals surface area contributed by atoms with Crippen LogP contribution in [0.5, 0.6) is 0 Å². The molecule has 0 N–H and O–H groups in total. The minimum absolute atomic E-state index is 0.0251. The van der Waals surface area contributed by atoms with Crippen molar-refractivity contribution in [2.75, 3.05) is 5.75 Å². The van der Waals surface area contributed by atoms with E-state index < -0.39 is 9.84 Å². The van der Waals surface area contributed by atoms with Gasteiger partial charge in [-0.15, -0.1) is 0 Å². The summed E-state index contributed by atoms with van der Waals surface area (Å²) in [6, 6.07) is 8.91. The molecule has 1 aliphatic rings. The zero-order valence-electron chi connectivity index (χ0n) is 9.89. The van der Waals surface area contributed by atoms with Crippen LogP contribution in [0.25, 0.3) is 0 Å². The maximum Gasteiger partial charge on any atom is 0.155 e. The molecule has 0 bridgehead atoms. The summed E-state index contributed by atoms with van der Waals surface area (Å²) < 4.78 is 24.1. The maximum absolute atomic E-state index is 12.1. The van der Waals surface area contributed by atoms with E-state index in [1.807, 2.05) is 0 Å². The normalized spacial score (nSPS) is 17.1. The van der Waals surface area contributed by atoms with Crippen LogP contribution in [0, 0.1) is 16.7 Å². The van der Waals surface area contributed by atoms with Crippen LogP contribution in [0.15, 0.2) is 24.3 Å². The quantitative estimate of drug-likeness (QED) is 0.835. The van der Waals surface area contributed by atoms with E-state index in [0.29, 0.717) is 11.4 Å². The van der Waals surface area contributed by atoms with Gasteiger partial charge in [0.1, 0.15) is 0 Å². The van der Waals surface area contributed by atoms with Crippen LogP contribution < -0.4 is 0 Å². The first-order valence-corrected chi connectivity index (χ1v) is 7.97. The fourth-order valence-corrected chi connectivity index (χ4v) is 4.32. The average Bonchev–Trinajstić information content (AvgIpc) is 3.00.